The maximum atomic E-state index is 14.3. The Labute approximate surface area is 213 Å². The van der Waals surface area contributed by atoms with E-state index in [2.05, 4.69) is 25.8 Å². The zero-order valence-corrected chi connectivity index (χ0v) is 22.3. The average molecular weight is 499 g/mol. The summed E-state index contributed by atoms with van der Waals surface area (Å²) >= 11 is 0. The largest absolute Gasteiger partial charge is 0.507 e. The highest BCUT2D eigenvalue weighted by Gasteiger charge is 2.57. The number of aromatic nitrogens is 1. The topological polar surface area (TPSA) is 98.2 Å². The fourth-order valence-electron chi connectivity index (χ4n) is 5.38. The van der Waals surface area contributed by atoms with Gasteiger partial charge in [-0.2, -0.15) is 0 Å². The van der Waals surface area contributed by atoms with Gasteiger partial charge in [-0.05, 0) is 41.2 Å². The summed E-state index contributed by atoms with van der Waals surface area (Å²) < 4.78 is 16.8. The number of likely N-dealkylation sites (tertiary alicyclic amines) is 1. The molecule has 0 bridgehead atoms. The zero-order chi connectivity index (χ0) is 26.7. The van der Waals surface area contributed by atoms with Crippen molar-refractivity contribution in [1.29, 1.82) is 0 Å². The van der Waals surface area contributed by atoms with Crippen LogP contribution in [0.1, 0.15) is 75.1 Å². The van der Waals surface area contributed by atoms with E-state index in [0.29, 0.717) is 36.5 Å². The lowest BCUT2D eigenvalue weighted by molar-refractivity contribution is -0.108. The third kappa shape index (κ3) is 5.64. The van der Waals surface area contributed by atoms with Crippen molar-refractivity contribution in [1.82, 2.24) is 9.88 Å². The van der Waals surface area contributed by atoms with Gasteiger partial charge in [0.05, 0.1) is 25.5 Å². The van der Waals surface area contributed by atoms with E-state index in [-0.39, 0.29) is 23.2 Å². The van der Waals surface area contributed by atoms with E-state index in [1.54, 1.807) is 43.5 Å². The molecule has 1 aliphatic rings. The van der Waals surface area contributed by atoms with Gasteiger partial charge in [-0.15, -0.1) is 0 Å². The first-order valence-electron chi connectivity index (χ1n) is 12.3. The molecule has 2 heterocycles. The second kappa shape index (κ2) is 10.9. The molecule has 0 unspecified atom stereocenters. The van der Waals surface area contributed by atoms with Crippen LogP contribution in [0.15, 0.2) is 42.6 Å². The lowest BCUT2D eigenvalue weighted by Gasteiger charge is -2.40. The average Bonchev–Trinajstić information content (AvgIpc) is 3.09. The number of benzene rings is 1. The molecule has 1 fully saturated rings. The van der Waals surface area contributed by atoms with E-state index >= 15 is 0 Å². The SMILES string of the molecule is COC[C@@H]1C[C@](CC(C)C)(OC(=O)O)N(C(=O)c2ccc(C(C)(C)C)c(OC)c2)[C@H]1c1ccccn1. The van der Waals surface area contributed by atoms with Gasteiger partial charge in [0, 0.05) is 37.6 Å². The van der Waals surface area contributed by atoms with Crippen molar-refractivity contribution in [3.05, 3.63) is 59.4 Å². The van der Waals surface area contributed by atoms with Gasteiger partial charge in [-0.3, -0.25) is 14.7 Å². The number of nitrogens with zero attached hydrogens (tertiary/aromatic N) is 2. The van der Waals surface area contributed by atoms with E-state index in [1.165, 1.54) is 0 Å². The molecule has 8 nitrogen and oxygen atoms in total. The van der Waals surface area contributed by atoms with Gasteiger partial charge in [-0.25, -0.2) is 4.79 Å². The Morgan fingerprint density at radius 2 is 1.92 bits per heavy atom. The van der Waals surface area contributed by atoms with Crippen LogP contribution in [0.4, 0.5) is 4.79 Å². The third-order valence-electron chi connectivity index (χ3n) is 6.60. The van der Waals surface area contributed by atoms with Gasteiger partial charge in [0.25, 0.3) is 5.91 Å². The van der Waals surface area contributed by atoms with E-state index in [9.17, 15) is 14.7 Å². The lowest BCUT2D eigenvalue weighted by atomic mass is 9.85. The molecule has 1 amide bonds. The van der Waals surface area contributed by atoms with Crippen molar-refractivity contribution in [3.63, 3.8) is 0 Å². The Bertz CT molecular complexity index is 1070. The number of hydrogen-bond donors (Lipinski definition) is 1. The van der Waals surface area contributed by atoms with Crippen molar-refractivity contribution in [2.24, 2.45) is 11.8 Å². The Balaban J connectivity index is 2.22. The number of pyridine rings is 1. The molecule has 3 atom stereocenters. The van der Waals surface area contributed by atoms with Gasteiger partial charge >= 0.3 is 6.16 Å². The molecular weight excluding hydrogens is 460 g/mol. The normalized spacial score (nSPS) is 22.1. The second-order valence-electron chi connectivity index (χ2n) is 10.9. The predicted molar refractivity (Wildman–Crippen MR) is 136 cm³/mol. The Morgan fingerprint density at radius 1 is 1.19 bits per heavy atom. The number of methoxy groups -OCH3 is 2. The first-order chi connectivity index (χ1) is 16.9. The number of carbonyl (C=O) groups excluding carboxylic acids is 1. The molecule has 0 saturated carbocycles. The number of carboxylic acid groups (broad SMARTS) is 1. The highest BCUT2D eigenvalue weighted by molar-refractivity contribution is 5.96. The molecule has 1 aromatic heterocycles. The van der Waals surface area contributed by atoms with Gasteiger partial charge < -0.3 is 19.3 Å². The highest BCUT2D eigenvalue weighted by Crippen LogP contribution is 2.50. The number of hydrogen-bond acceptors (Lipinski definition) is 6. The molecule has 196 valence electrons. The summed E-state index contributed by atoms with van der Waals surface area (Å²) in [5.74, 6) is 0.0970. The summed E-state index contributed by atoms with van der Waals surface area (Å²) in [4.78, 5) is 32.4. The summed E-state index contributed by atoms with van der Waals surface area (Å²) in [6.45, 7) is 10.5. The quantitative estimate of drug-likeness (QED) is 0.468. The molecule has 0 spiro atoms. The van der Waals surface area contributed by atoms with Crippen LogP contribution < -0.4 is 4.74 Å². The van der Waals surface area contributed by atoms with Crippen molar-refractivity contribution in [2.75, 3.05) is 20.8 Å². The lowest BCUT2D eigenvalue weighted by Crippen LogP contribution is -2.52. The molecule has 2 aromatic rings. The van der Waals surface area contributed by atoms with Crippen LogP contribution in [0, 0.1) is 11.8 Å². The maximum absolute atomic E-state index is 14.3. The van der Waals surface area contributed by atoms with Crippen molar-refractivity contribution >= 4 is 12.1 Å². The number of ether oxygens (including phenoxy) is 3. The number of rotatable bonds is 8. The summed E-state index contributed by atoms with van der Waals surface area (Å²) in [6.07, 6.45) is 0.886. The fraction of sp³-hybridized carbons (Fsp3) is 0.536. The van der Waals surface area contributed by atoms with Gasteiger partial charge in [-0.1, -0.05) is 46.8 Å². The summed E-state index contributed by atoms with van der Waals surface area (Å²) in [6, 6.07) is 10.4. The van der Waals surface area contributed by atoms with Crippen LogP contribution in [-0.2, 0) is 14.9 Å². The van der Waals surface area contributed by atoms with E-state index < -0.39 is 17.9 Å². The molecule has 1 N–H and O–H groups in total. The minimum Gasteiger partial charge on any atom is -0.496 e. The first-order valence-corrected chi connectivity index (χ1v) is 12.3. The van der Waals surface area contributed by atoms with Crippen molar-refractivity contribution < 1.29 is 28.9 Å². The molecule has 8 heteroatoms. The van der Waals surface area contributed by atoms with E-state index in [1.807, 2.05) is 32.0 Å². The van der Waals surface area contributed by atoms with Crippen LogP contribution in [0.2, 0.25) is 0 Å². The summed E-state index contributed by atoms with van der Waals surface area (Å²) in [5.41, 5.74) is 0.454. The molecule has 0 aliphatic carbocycles. The molecule has 3 rings (SSSR count). The molecule has 36 heavy (non-hydrogen) atoms. The minimum absolute atomic E-state index is 0.0585. The molecule has 1 saturated heterocycles. The predicted octanol–water partition coefficient (Wildman–Crippen LogP) is 5.67. The van der Waals surface area contributed by atoms with Crippen molar-refractivity contribution in [2.45, 2.75) is 64.6 Å². The van der Waals surface area contributed by atoms with Crippen LogP contribution in [-0.4, -0.2) is 53.6 Å². The van der Waals surface area contributed by atoms with Crippen LogP contribution in [0.3, 0.4) is 0 Å². The molecule has 1 aliphatic heterocycles. The molecule has 1 aromatic carbocycles. The standard InChI is InChI=1S/C28H38N2O6/c1-18(2)15-28(36-26(32)33)16-20(17-34-6)24(22-10-8-9-13-29-22)30(28)25(31)19-11-12-21(27(3,4)5)23(14-19)35-7/h8-14,18,20,24H,15-17H2,1-7H3,(H,32,33)/t20-,24+,28-/m0/s1. The second-order valence-corrected chi connectivity index (χ2v) is 10.9. The summed E-state index contributed by atoms with van der Waals surface area (Å²) in [5, 5.41) is 9.78. The highest BCUT2D eigenvalue weighted by atomic mass is 16.7. The Morgan fingerprint density at radius 3 is 2.44 bits per heavy atom. The smallest absolute Gasteiger partial charge is 0.496 e. The van der Waals surface area contributed by atoms with Gasteiger partial charge in [0.15, 0.2) is 5.72 Å². The fourth-order valence-corrected chi connectivity index (χ4v) is 5.38. The van der Waals surface area contributed by atoms with Gasteiger partial charge in [0.2, 0.25) is 0 Å². The molecule has 0 radical (unpaired) electrons. The van der Waals surface area contributed by atoms with Crippen LogP contribution >= 0.6 is 0 Å². The van der Waals surface area contributed by atoms with Crippen molar-refractivity contribution in [3.8, 4) is 5.75 Å². The minimum atomic E-state index is -1.42. The van der Waals surface area contributed by atoms with Crippen LogP contribution in [0.25, 0.3) is 0 Å². The Hall–Kier alpha value is -3.13. The Kier molecular flexibility index (Phi) is 8.29. The third-order valence-corrected chi connectivity index (χ3v) is 6.60. The monoisotopic (exact) mass is 498 g/mol. The first kappa shape index (κ1) is 27.5. The van der Waals surface area contributed by atoms with E-state index in [4.69, 9.17) is 14.2 Å². The molecular formula is C28H38N2O6. The number of carbonyl (C=O) groups is 2. The number of amides is 1. The zero-order valence-electron chi connectivity index (χ0n) is 22.3. The van der Waals surface area contributed by atoms with E-state index in [0.717, 1.165) is 5.56 Å². The summed E-state index contributed by atoms with van der Waals surface area (Å²) in [7, 11) is 3.18. The van der Waals surface area contributed by atoms with Gasteiger partial charge in [0.1, 0.15) is 5.75 Å². The maximum Gasteiger partial charge on any atom is 0.507 e. The van der Waals surface area contributed by atoms with Crippen LogP contribution in [0.5, 0.6) is 5.75 Å².